The number of ether oxygens (including phenoxy) is 3. The van der Waals surface area contributed by atoms with Gasteiger partial charge in [0.15, 0.2) is 0 Å². The molecule has 2 N–H and O–H groups in total. The summed E-state index contributed by atoms with van der Waals surface area (Å²) in [6.45, 7) is 2.61. The van der Waals surface area contributed by atoms with Gasteiger partial charge in [0.25, 0.3) is 0 Å². The second-order valence-corrected chi connectivity index (χ2v) is 5.02. The Morgan fingerprint density at radius 3 is 2.81 bits per heavy atom. The Balaban J connectivity index is 1.70. The van der Waals surface area contributed by atoms with Crippen LogP contribution in [0.1, 0.15) is 12.0 Å². The normalized spacial score (nSPS) is 18.0. The summed E-state index contributed by atoms with van der Waals surface area (Å²) in [4.78, 5) is 13.6. The molecule has 2 rings (SSSR count). The first-order valence-corrected chi connectivity index (χ1v) is 7.05. The average molecular weight is 294 g/mol. The van der Waals surface area contributed by atoms with Gasteiger partial charge < -0.3 is 24.8 Å². The van der Waals surface area contributed by atoms with Crippen LogP contribution in [-0.2, 0) is 20.8 Å². The van der Waals surface area contributed by atoms with Gasteiger partial charge in [-0.05, 0) is 24.1 Å². The lowest BCUT2D eigenvalue weighted by Crippen LogP contribution is -2.30. The quantitative estimate of drug-likeness (QED) is 0.638. The van der Waals surface area contributed by atoms with Crippen molar-refractivity contribution in [1.29, 1.82) is 0 Å². The Labute approximate surface area is 124 Å². The Morgan fingerprint density at radius 2 is 2.10 bits per heavy atom. The fourth-order valence-electron chi connectivity index (χ4n) is 2.18. The predicted molar refractivity (Wildman–Crippen MR) is 78.8 cm³/mol. The molecule has 1 aliphatic heterocycles. The Bertz CT molecular complexity index is 449. The molecule has 1 saturated heterocycles. The van der Waals surface area contributed by atoms with E-state index in [-0.39, 0.29) is 18.8 Å². The molecule has 1 atom stereocenters. The van der Waals surface area contributed by atoms with Gasteiger partial charge in [0.1, 0.15) is 6.61 Å². The number of anilines is 1. The van der Waals surface area contributed by atoms with Crippen LogP contribution in [0.15, 0.2) is 24.3 Å². The van der Waals surface area contributed by atoms with Crippen LogP contribution in [0, 0.1) is 0 Å². The number of nitrogens with two attached hydrogens (primary N) is 1. The van der Waals surface area contributed by atoms with Gasteiger partial charge in [0.2, 0.25) is 0 Å². The van der Waals surface area contributed by atoms with Gasteiger partial charge in [-0.15, -0.1) is 0 Å². The molecule has 6 heteroatoms. The van der Waals surface area contributed by atoms with Crippen LogP contribution in [0.2, 0.25) is 0 Å². The summed E-state index contributed by atoms with van der Waals surface area (Å²) in [6, 6.07) is 7.28. The first-order chi connectivity index (χ1) is 10.2. The lowest BCUT2D eigenvalue weighted by atomic mass is 10.2. The van der Waals surface area contributed by atoms with Gasteiger partial charge in [0.05, 0.1) is 25.9 Å². The Hall–Kier alpha value is -1.79. The molecule has 1 unspecified atom stereocenters. The number of carbonyl (C=O) groups excluding carboxylic acids is 1. The minimum absolute atomic E-state index is 0.0734. The molecule has 0 spiro atoms. The van der Waals surface area contributed by atoms with E-state index in [2.05, 4.69) is 0 Å². The highest BCUT2D eigenvalue weighted by molar-refractivity contribution is 5.68. The van der Waals surface area contributed by atoms with E-state index in [1.165, 1.54) is 0 Å². The van der Waals surface area contributed by atoms with Gasteiger partial charge in [-0.3, -0.25) is 0 Å². The molecule has 6 nitrogen and oxygen atoms in total. The molecule has 0 aliphatic carbocycles. The Morgan fingerprint density at radius 1 is 1.33 bits per heavy atom. The summed E-state index contributed by atoms with van der Waals surface area (Å²) in [5.41, 5.74) is 7.22. The molecule has 21 heavy (non-hydrogen) atoms. The van der Waals surface area contributed by atoms with Crippen LogP contribution in [0.3, 0.4) is 0 Å². The predicted octanol–water partition coefficient (Wildman–Crippen LogP) is 1.64. The highest BCUT2D eigenvalue weighted by Crippen LogP contribution is 2.15. The monoisotopic (exact) mass is 294 g/mol. The summed E-state index contributed by atoms with van der Waals surface area (Å²) in [5.74, 6) is 0. The molecule has 1 aromatic rings. The average Bonchev–Trinajstić information content (AvgIpc) is 2.96. The standard InChI is InChI=1S/C15H22N2O4/c1-19-8-9-20-14-6-7-17(10-14)15(18)21-11-12-2-4-13(16)5-3-12/h2-5,14H,6-11,16H2,1H3. The number of likely N-dealkylation sites (tertiary alicyclic amines) is 1. The summed E-state index contributed by atoms with van der Waals surface area (Å²) in [5, 5.41) is 0. The summed E-state index contributed by atoms with van der Waals surface area (Å²) < 4.78 is 15.8. The smallest absolute Gasteiger partial charge is 0.410 e. The molecule has 1 amide bonds. The van der Waals surface area contributed by atoms with Crippen molar-refractivity contribution in [3.05, 3.63) is 29.8 Å². The number of nitrogen functional groups attached to an aromatic ring is 1. The first-order valence-electron chi connectivity index (χ1n) is 7.05. The van der Waals surface area contributed by atoms with Gasteiger partial charge in [0, 0.05) is 19.3 Å². The summed E-state index contributed by atoms with van der Waals surface area (Å²) in [6.07, 6.45) is 0.606. The van der Waals surface area contributed by atoms with E-state index in [4.69, 9.17) is 19.9 Å². The highest BCUT2D eigenvalue weighted by atomic mass is 16.6. The van der Waals surface area contributed by atoms with Gasteiger partial charge in [-0.25, -0.2) is 4.79 Å². The number of methoxy groups -OCH3 is 1. The zero-order valence-electron chi connectivity index (χ0n) is 12.3. The van der Waals surface area contributed by atoms with Crippen molar-refractivity contribution in [2.45, 2.75) is 19.1 Å². The molecule has 1 heterocycles. The van der Waals surface area contributed by atoms with Crippen molar-refractivity contribution >= 4 is 11.8 Å². The van der Waals surface area contributed by atoms with E-state index in [9.17, 15) is 4.79 Å². The molecular weight excluding hydrogens is 272 g/mol. The van der Waals surface area contributed by atoms with Crippen molar-refractivity contribution in [3.63, 3.8) is 0 Å². The van der Waals surface area contributed by atoms with E-state index in [0.29, 0.717) is 32.0 Å². The SMILES string of the molecule is COCCOC1CCN(C(=O)OCc2ccc(N)cc2)C1. The molecule has 1 aromatic carbocycles. The molecule has 0 bridgehead atoms. The third kappa shape index (κ3) is 4.91. The molecule has 116 valence electrons. The first kappa shape index (κ1) is 15.6. The number of carbonyl (C=O) groups is 1. The van der Waals surface area contributed by atoms with Crippen LogP contribution in [0.5, 0.6) is 0 Å². The van der Waals surface area contributed by atoms with Gasteiger partial charge >= 0.3 is 6.09 Å². The van der Waals surface area contributed by atoms with Crippen LogP contribution in [0.4, 0.5) is 10.5 Å². The second-order valence-electron chi connectivity index (χ2n) is 5.02. The van der Waals surface area contributed by atoms with Crippen molar-refractivity contribution in [2.75, 3.05) is 39.1 Å². The minimum Gasteiger partial charge on any atom is -0.445 e. The number of nitrogens with zero attached hydrogens (tertiary/aromatic N) is 1. The number of hydrogen-bond acceptors (Lipinski definition) is 5. The van der Waals surface area contributed by atoms with E-state index in [1.54, 1.807) is 24.1 Å². The number of amides is 1. The zero-order valence-corrected chi connectivity index (χ0v) is 12.3. The Kier molecular flexibility index (Phi) is 5.83. The van der Waals surface area contributed by atoms with Crippen LogP contribution < -0.4 is 5.73 Å². The molecule has 0 radical (unpaired) electrons. The van der Waals surface area contributed by atoms with E-state index < -0.39 is 0 Å². The highest BCUT2D eigenvalue weighted by Gasteiger charge is 2.27. The fourth-order valence-corrected chi connectivity index (χ4v) is 2.18. The minimum atomic E-state index is -0.301. The third-order valence-electron chi connectivity index (χ3n) is 3.39. The van der Waals surface area contributed by atoms with E-state index in [1.807, 2.05) is 12.1 Å². The van der Waals surface area contributed by atoms with Crippen molar-refractivity contribution in [1.82, 2.24) is 4.90 Å². The second kappa shape index (κ2) is 7.85. The zero-order chi connectivity index (χ0) is 15.1. The van der Waals surface area contributed by atoms with Crippen molar-refractivity contribution < 1.29 is 19.0 Å². The maximum absolute atomic E-state index is 12.0. The van der Waals surface area contributed by atoms with Crippen molar-refractivity contribution in [3.8, 4) is 0 Å². The van der Waals surface area contributed by atoms with E-state index >= 15 is 0 Å². The molecular formula is C15H22N2O4. The van der Waals surface area contributed by atoms with Gasteiger partial charge in [-0.2, -0.15) is 0 Å². The number of benzene rings is 1. The fraction of sp³-hybridized carbons (Fsp3) is 0.533. The summed E-state index contributed by atoms with van der Waals surface area (Å²) >= 11 is 0. The lowest BCUT2D eigenvalue weighted by molar-refractivity contribution is 0.0210. The van der Waals surface area contributed by atoms with Crippen LogP contribution >= 0.6 is 0 Å². The largest absolute Gasteiger partial charge is 0.445 e. The molecule has 0 saturated carbocycles. The van der Waals surface area contributed by atoms with Gasteiger partial charge in [-0.1, -0.05) is 12.1 Å². The van der Waals surface area contributed by atoms with Crippen LogP contribution in [-0.4, -0.2) is 50.5 Å². The van der Waals surface area contributed by atoms with Crippen LogP contribution in [0.25, 0.3) is 0 Å². The van der Waals surface area contributed by atoms with E-state index in [0.717, 1.165) is 12.0 Å². The maximum Gasteiger partial charge on any atom is 0.410 e. The number of rotatable bonds is 6. The lowest BCUT2D eigenvalue weighted by Gasteiger charge is -2.16. The molecule has 1 fully saturated rings. The number of hydrogen-bond donors (Lipinski definition) is 1. The topological polar surface area (TPSA) is 74.0 Å². The molecule has 0 aromatic heterocycles. The van der Waals surface area contributed by atoms with Crippen molar-refractivity contribution in [2.24, 2.45) is 0 Å². The summed E-state index contributed by atoms with van der Waals surface area (Å²) in [7, 11) is 1.64. The third-order valence-corrected chi connectivity index (χ3v) is 3.39. The maximum atomic E-state index is 12.0. The molecule has 1 aliphatic rings.